The number of imidazole rings is 1. The number of carbonyl (C=O) groups is 1. The number of hydrogen-bond acceptors (Lipinski definition) is 6. The summed E-state index contributed by atoms with van der Waals surface area (Å²) in [5, 5.41) is 4.21. The smallest absolute Gasteiger partial charge is 0.339 e. The minimum Gasteiger partial charge on any atom is -0.462 e. The maximum Gasteiger partial charge on any atom is 0.339 e. The molecule has 2 N–H and O–H groups in total. The molecule has 0 radical (unpaired) electrons. The molecule has 2 fully saturated rings. The average molecular weight is 440 g/mol. The zero-order chi connectivity index (χ0) is 22.4. The van der Waals surface area contributed by atoms with Crippen molar-refractivity contribution >= 4 is 16.9 Å². The van der Waals surface area contributed by atoms with Gasteiger partial charge >= 0.3 is 5.97 Å². The molecule has 1 aromatic carbocycles. The van der Waals surface area contributed by atoms with E-state index in [1.807, 2.05) is 49.4 Å². The molecule has 166 valence electrons. The number of pyridine rings is 2. The molecule has 1 saturated carbocycles. The predicted molar refractivity (Wildman–Crippen MR) is 126 cm³/mol. The monoisotopic (exact) mass is 439 g/mol. The first-order chi connectivity index (χ1) is 16.1. The molecule has 2 aliphatic rings. The van der Waals surface area contributed by atoms with Crippen molar-refractivity contribution in [3.05, 3.63) is 66.2 Å². The van der Waals surface area contributed by atoms with E-state index in [0.717, 1.165) is 65.2 Å². The van der Waals surface area contributed by atoms with Gasteiger partial charge in [-0.15, -0.1) is 0 Å². The summed E-state index contributed by atoms with van der Waals surface area (Å²) in [5.41, 5.74) is 6.17. The Bertz CT molecular complexity index is 1350. The van der Waals surface area contributed by atoms with Crippen LogP contribution in [-0.2, 0) is 4.74 Å². The Hall–Kier alpha value is -3.58. The Labute approximate surface area is 191 Å². The van der Waals surface area contributed by atoms with E-state index in [0.29, 0.717) is 23.5 Å². The first kappa shape index (κ1) is 20.1. The molecule has 1 aliphatic heterocycles. The van der Waals surface area contributed by atoms with Gasteiger partial charge in [0.05, 0.1) is 41.1 Å². The number of H-pyrrole nitrogens is 1. The molecule has 33 heavy (non-hydrogen) atoms. The Morgan fingerprint density at radius 1 is 1.15 bits per heavy atom. The molecular formula is C26H25N5O2. The van der Waals surface area contributed by atoms with Crippen molar-refractivity contribution in [2.75, 3.05) is 19.7 Å². The average Bonchev–Trinajstić information content (AvgIpc) is 3.26. The van der Waals surface area contributed by atoms with Crippen LogP contribution in [0.4, 0.5) is 0 Å². The molecule has 0 bridgehead atoms. The number of fused-ring (bicyclic) bond motifs is 1. The number of nitrogens with zero attached hydrogens (tertiary/aromatic N) is 3. The lowest BCUT2D eigenvalue weighted by molar-refractivity contribution is -0.0345. The Balaban J connectivity index is 1.22. The summed E-state index contributed by atoms with van der Waals surface area (Å²) in [4.78, 5) is 29.5. The van der Waals surface area contributed by atoms with E-state index in [2.05, 4.69) is 25.3 Å². The zero-order valence-corrected chi connectivity index (χ0v) is 18.5. The van der Waals surface area contributed by atoms with Gasteiger partial charge in [-0.3, -0.25) is 9.97 Å². The second-order valence-corrected chi connectivity index (χ2v) is 9.40. The van der Waals surface area contributed by atoms with Gasteiger partial charge in [-0.05, 0) is 61.4 Å². The Morgan fingerprint density at radius 2 is 2.03 bits per heavy atom. The SMILES string of the molecule is Cc1cccc(-c2[nH]cnc2-c2ccc3ncc(C(=O)OCC4CC5(CNC5)C4)cc3c2)n1. The Morgan fingerprint density at radius 3 is 2.82 bits per heavy atom. The topological polar surface area (TPSA) is 92.8 Å². The van der Waals surface area contributed by atoms with E-state index in [-0.39, 0.29) is 5.97 Å². The second-order valence-electron chi connectivity index (χ2n) is 9.40. The van der Waals surface area contributed by atoms with E-state index >= 15 is 0 Å². The molecule has 4 heterocycles. The maximum absolute atomic E-state index is 12.7. The van der Waals surface area contributed by atoms with Crippen molar-refractivity contribution < 1.29 is 9.53 Å². The quantitative estimate of drug-likeness (QED) is 0.454. The minimum absolute atomic E-state index is 0.313. The van der Waals surface area contributed by atoms with Gasteiger partial charge in [0.2, 0.25) is 0 Å². The third-order valence-electron chi connectivity index (χ3n) is 6.87. The van der Waals surface area contributed by atoms with Gasteiger partial charge in [-0.1, -0.05) is 12.1 Å². The van der Waals surface area contributed by atoms with Crippen LogP contribution in [0.2, 0.25) is 0 Å². The fourth-order valence-corrected chi connectivity index (χ4v) is 5.11. The summed E-state index contributed by atoms with van der Waals surface area (Å²) in [6.45, 7) is 4.66. The van der Waals surface area contributed by atoms with Gasteiger partial charge < -0.3 is 15.0 Å². The lowest BCUT2D eigenvalue weighted by Crippen LogP contribution is -2.60. The third-order valence-corrected chi connectivity index (χ3v) is 6.87. The van der Waals surface area contributed by atoms with Crippen molar-refractivity contribution in [1.82, 2.24) is 25.3 Å². The van der Waals surface area contributed by atoms with Crippen LogP contribution in [0.5, 0.6) is 0 Å². The molecule has 7 nitrogen and oxygen atoms in total. The number of aromatic nitrogens is 4. The highest BCUT2D eigenvalue weighted by molar-refractivity contribution is 5.95. The van der Waals surface area contributed by atoms with Crippen LogP contribution in [0.25, 0.3) is 33.5 Å². The summed E-state index contributed by atoms with van der Waals surface area (Å²) in [7, 11) is 0. The minimum atomic E-state index is -0.313. The molecule has 1 spiro atoms. The standard InChI is InChI=1S/C26H25N5O2/c1-16-3-2-4-22(31-16)24-23(29-15-30-24)18-5-6-21-19(7-18)8-20(11-28-21)25(32)33-12-17-9-26(10-17)13-27-14-26/h2-8,11,15,17,27H,9-10,12-14H2,1H3,(H,29,30). The number of aryl methyl sites for hydroxylation is 1. The normalized spacial score (nSPS) is 17.0. The predicted octanol–water partition coefficient (Wildman–Crippen LogP) is 4.15. The van der Waals surface area contributed by atoms with E-state index in [1.54, 1.807) is 12.5 Å². The van der Waals surface area contributed by atoms with Crippen LogP contribution in [-0.4, -0.2) is 45.6 Å². The number of carbonyl (C=O) groups excluding carboxylic acids is 1. The van der Waals surface area contributed by atoms with Gasteiger partial charge in [0.25, 0.3) is 0 Å². The van der Waals surface area contributed by atoms with E-state index in [1.165, 1.54) is 0 Å². The first-order valence-corrected chi connectivity index (χ1v) is 11.3. The highest BCUT2D eigenvalue weighted by atomic mass is 16.5. The summed E-state index contributed by atoms with van der Waals surface area (Å²) >= 11 is 0. The molecule has 1 saturated heterocycles. The highest BCUT2D eigenvalue weighted by Gasteiger charge is 2.48. The molecule has 7 heteroatoms. The molecule has 4 aromatic rings. The largest absolute Gasteiger partial charge is 0.462 e. The fraction of sp³-hybridized carbons (Fsp3) is 0.308. The van der Waals surface area contributed by atoms with Crippen molar-refractivity contribution in [3.63, 3.8) is 0 Å². The number of esters is 1. The molecular weight excluding hydrogens is 414 g/mol. The molecule has 3 aromatic heterocycles. The van der Waals surface area contributed by atoms with Gasteiger partial charge in [0.1, 0.15) is 0 Å². The number of aromatic amines is 1. The van der Waals surface area contributed by atoms with Crippen LogP contribution in [0.3, 0.4) is 0 Å². The maximum atomic E-state index is 12.7. The molecule has 6 rings (SSSR count). The lowest BCUT2D eigenvalue weighted by atomic mass is 9.59. The summed E-state index contributed by atoms with van der Waals surface area (Å²) in [6, 6.07) is 13.7. The third kappa shape index (κ3) is 3.68. The van der Waals surface area contributed by atoms with Crippen LogP contribution < -0.4 is 5.32 Å². The second kappa shape index (κ2) is 7.78. The molecule has 0 atom stereocenters. The number of nitrogens with one attached hydrogen (secondary N) is 2. The van der Waals surface area contributed by atoms with Crippen molar-refractivity contribution in [3.8, 4) is 22.6 Å². The molecule has 0 amide bonds. The van der Waals surface area contributed by atoms with Gasteiger partial charge in [-0.25, -0.2) is 9.78 Å². The number of ether oxygens (including phenoxy) is 1. The van der Waals surface area contributed by atoms with Crippen LogP contribution >= 0.6 is 0 Å². The van der Waals surface area contributed by atoms with Gasteiger partial charge in [0.15, 0.2) is 0 Å². The molecule has 0 unspecified atom stereocenters. The molecule has 1 aliphatic carbocycles. The van der Waals surface area contributed by atoms with E-state index in [4.69, 9.17) is 4.74 Å². The number of rotatable bonds is 5. The first-order valence-electron chi connectivity index (χ1n) is 11.3. The summed E-state index contributed by atoms with van der Waals surface area (Å²) in [6.07, 6.45) is 5.57. The van der Waals surface area contributed by atoms with Crippen molar-refractivity contribution in [2.24, 2.45) is 11.3 Å². The van der Waals surface area contributed by atoms with Gasteiger partial charge in [0, 0.05) is 35.9 Å². The van der Waals surface area contributed by atoms with Crippen LogP contribution in [0.1, 0.15) is 28.9 Å². The van der Waals surface area contributed by atoms with E-state index in [9.17, 15) is 4.79 Å². The lowest BCUT2D eigenvalue weighted by Gasteiger charge is -2.54. The van der Waals surface area contributed by atoms with E-state index < -0.39 is 0 Å². The van der Waals surface area contributed by atoms with Crippen LogP contribution in [0, 0.1) is 18.3 Å². The Kier molecular flexibility index (Phi) is 4.73. The zero-order valence-electron chi connectivity index (χ0n) is 18.5. The number of hydrogen-bond donors (Lipinski definition) is 2. The van der Waals surface area contributed by atoms with Gasteiger partial charge in [-0.2, -0.15) is 0 Å². The highest BCUT2D eigenvalue weighted by Crippen LogP contribution is 2.48. The summed E-state index contributed by atoms with van der Waals surface area (Å²) in [5.74, 6) is 0.163. The number of benzene rings is 1. The van der Waals surface area contributed by atoms with Crippen LogP contribution in [0.15, 0.2) is 55.0 Å². The fourth-order valence-electron chi connectivity index (χ4n) is 5.11. The van der Waals surface area contributed by atoms with Crippen molar-refractivity contribution in [2.45, 2.75) is 19.8 Å². The summed E-state index contributed by atoms with van der Waals surface area (Å²) < 4.78 is 5.61. The van der Waals surface area contributed by atoms with Crippen molar-refractivity contribution in [1.29, 1.82) is 0 Å².